The molecule has 0 radical (unpaired) electrons. The van der Waals surface area contributed by atoms with Gasteiger partial charge in [0, 0.05) is 16.7 Å². The molecule has 6 nitrogen and oxygen atoms in total. The molecule has 0 aromatic carbocycles. The zero-order valence-electron chi connectivity index (χ0n) is 18.5. The van der Waals surface area contributed by atoms with Gasteiger partial charge in [-0.15, -0.1) is 0 Å². The second kappa shape index (κ2) is 6.23. The van der Waals surface area contributed by atoms with E-state index in [-0.39, 0.29) is 18.4 Å². The maximum Gasteiger partial charge on any atom is 0.193 e. The summed E-state index contributed by atoms with van der Waals surface area (Å²) in [6.07, 6.45) is 0.788. The Bertz CT molecular complexity index is 1020. The van der Waals surface area contributed by atoms with Crippen LogP contribution in [-0.2, 0) is 19.1 Å². The number of allylic oxidation sites excluding steroid dienone is 4. The van der Waals surface area contributed by atoms with Crippen molar-refractivity contribution < 1.29 is 38.1 Å². The molecule has 32 heavy (non-hydrogen) atoms. The summed E-state index contributed by atoms with van der Waals surface area (Å²) >= 11 is 0. The van der Waals surface area contributed by atoms with Gasteiger partial charge < -0.3 is 19.7 Å². The molecule has 5 aliphatic rings. The molecule has 0 aromatic rings. The molecule has 3 fully saturated rings. The monoisotopic (exact) mass is 450 g/mol. The number of hydrogen-bond acceptors (Lipinski definition) is 6. The van der Waals surface area contributed by atoms with Gasteiger partial charge in [0.1, 0.15) is 18.9 Å². The number of alkyl halides is 2. The zero-order valence-corrected chi connectivity index (χ0v) is 18.5. The van der Waals surface area contributed by atoms with Gasteiger partial charge in [-0.1, -0.05) is 24.6 Å². The van der Waals surface area contributed by atoms with E-state index in [0.717, 1.165) is 6.08 Å². The summed E-state index contributed by atoms with van der Waals surface area (Å²) in [6, 6.07) is 0. The van der Waals surface area contributed by atoms with Crippen molar-refractivity contribution in [3.63, 3.8) is 0 Å². The van der Waals surface area contributed by atoms with Crippen LogP contribution in [0.4, 0.5) is 8.78 Å². The fourth-order valence-corrected chi connectivity index (χ4v) is 7.20. The lowest BCUT2D eigenvalue weighted by atomic mass is 9.45. The average Bonchev–Trinajstić information content (AvgIpc) is 3.11. The van der Waals surface area contributed by atoms with E-state index in [0.29, 0.717) is 5.57 Å². The van der Waals surface area contributed by atoms with Crippen molar-refractivity contribution in [1.82, 2.24) is 0 Å². The van der Waals surface area contributed by atoms with Gasteiger partial charge in [0.2, 0.25) is 0 Å². The largest absolute Gasteiger partial charge is 0.390 e. The molecule has 2 saturated carbocycles. The second-order valence-electron chi connectivity index (χ2n) is 10.6. The van der Waals surface area contributed by atoms with Crippen LogP contribution < -0.4 is 0 Å². The third-order valence-electron chi connectivity index (χ3n) is 8.59. The Morgan fingerprint density at radius 1 is 1.25 bits per heavy atom. The predicted octanol–water partition coefficient (Wildman–Crippen LogP) is 2.29. The van der Waals surface area contributed by atoms with Gasteiger partial charge in [0.05, 0.1) is 6.10 Å². The standard InChI is InChI=1S/C24H28F2O6/c1-20(2)31-19-9-13-14-8-16(25)15-7-12(28)5-6-21(15,3)23(14,26)17(29)10-22(13,4)24(19,32-20)18(30)11-27/h5-7,9,14,16-17,19,27,29H,8,10-11H2,1-4H3/t14-,16-,17-,19?,21-,22-,23-,24+/m0/s1. The molecule has 1 saturated heterocycles. The first kappa shape index (κ1) is 22.1. The van der Waals surface area contributed by atoms with Crippen molar-refractivity contribution in [3.8, 4) is 0 Å². The van der Waals surface area contributed by atoms with Gasteiger partial charge in [0.15, 0.2) is 28.6 Å². The fraction of sp³-hybridized carbons (Fsp3) is 0.667. The Hall–Kier alpha value is -1.74. The normalized spacial score (nSPS) is 50.7. The minimum absolute atomic E-state index is 0.0278. The lowest BCUT2D eigenvalue weighted by Gasteiger charge is -2.61. The first-order valence-corrected chi connectivity index (χ1v) is 11.0. The quantitative estimate of drug-likeness (QED) is 0.627. The van der Waals surface area contributed by atoms with E-state index in [9.17, 15) is 19.8 Å². The minimum Gasteiger partial charge on any atom is -0.390 e. The van der Waals surface area contributed by atoms with Crippen LogP contribution in [0.1, 0.15) is 40.5 Å². The molecule has 0 amide bonds. The van der Waals surface area contributed by atoms with E-state index in [2.05, 4.69) is 0 Å². The SMILES string of the molecule is CC1(C)OC2C=C3[C@@H]4C[C@H](F)C5=CC(=O)C=C[C@]5(C)[C@@]4(F)[C@@H](O)C[C@]3(C)[C@]2(C(=O)CO)O1. The Morgan fingerprint density at radius 2 is 1.94 bits per heavy atom. The van der Waals surface area contributed by atoms with Crippen LogP contribution in [0.3, 0.4) is 0 Å². The molecule has 8 heteroatoms. The lowest BCUT2D eigenvalue weighted by Crippen LogP contribution is -2.69. The maximum atomic E-state index is 17.1. The van der Waals surface area contributed by atoms with Crippen LogP contribution in [0, 0.1) is 16.7 Å². The number of Topliss-reactive ketones (excluding diaryl/α,β-unsaturated/α-hetero) is 1. The molecule has 1 aliphatic heterocycles. The third-order valence-corrected chi connectivity index (χ3v) is 8.59. The summed E-state index contributed by atoms with van der Waals surface area (Å²) in [5, 5.41) is 21.1. The van der Waals surface area contributed by atoms with Gasteiger partial charge in [-0.2, -0.15) is 0 Å². The second-order valence-corrected chi connectivity index (χ2v) is 10.6. The Kier molecular flexibility index (Phi) is 4.29. The van der Waals surface area contributed by atoms with Crippen molar-refractivity contribution in [2.24, 2.45) is 16.7 Å². The highest BCUT2D eigenvalue weighted by Gasteiger charge is 2.78. The Morgan fingerprint density at radius 3 is 2.59 bits per heavy atom. The van der Waals surface area contributed by atoms with Gasteiger partial charge in [-0.3, -0.25) is 9.59 Å². The molecule has 1 unspecified atom stereocenters. The smallest absolute Gasteiger partial charge is 0.193 e. The number of aliphatic hydroxyl groups excluding tert-OH is 2. The number of rotatable bonds is 2. The zero-order chi connectivity index (χ0) is 23.5. The van der Waals surface area contributed by atoms with Crippen LogP contribution in [0.5, 0.6) is 0 Å². The predicted molar refractivity (Wildman–Crippen MR) is 109 cm³/mol. The lowest BCUT2D eigenvalue weighted by molar-refractivity contribution is -0.213. The maximum absolute atomic E-state index is 17.1. The number of ketones is 2. The summed E-state index contributed by atoms with van der Waals surface area (Å²) in [4.78, 5) is 25.0. The average molecular weight is 450 g/mol. The van der Waals surface area contributed by atoms with E-state index in [1.54, 1.807) is 26.8 Å². The molecule has 0 aromatic heterocycles. The first-order chi connectivity index (χ1) is 14.8. The van der Waals surface area contributed by atoms with Crippen LogP contribution >= 0.6 is 0 Å². The minimum atomic E-state index is -2.30. The number of ether oxygens (including phenoxy) is 2. The Balaban J connectivity index is 1.70. The Labute approximate surface area is 185 Å². The molecule has 0 bridgehead atoms. The highest BCUT2D eigenvalue weighted by molar-refractivity contribution is 6.01. The van der Waals surface area contributed by atoms with Gasteiger partial charge >= 0.3 is 0 Å². The summed E-state index contributed by atoms with van der Waals surface area (Å²) in [5.41, 5.74) is -6.21. The van der Waals surface area contributed by atoms with Crippen molar-refractivity contribution in [1.29, 1.82) is 0 Å². The summed E-state index contributed by atoms with van der Waals surface area (Å²) < 4.78 is 44.6. The van der Waals surface area contributed by atoms with E-state index in [1.807, 2.05) is 0 Å². The summed E-state index contributed by atoms with van der Waals surface area (Å²) in [6.45, 7) is 5.69. The number of carbonyl (C=O) groups is 2. The van der Waals surface area contributed by atoms with E-state index >= 15 is 8.78 Å². The number of carbonyl (C=O) groups excluding carboxylic acids is 2. The summed E-state index contributed by atoms with van der Waals surface area (Å²) in [5.74, 6) is -3.25. The highest BCUT2D eigenvalue weighted by Crippen LogP contribution is 2.70. The highest BCUT2D eigenvalue weighted by atomic mass is 19.1. The van der Waals surface area contributed by atoms with Crippen molar-refractivity contribution in [2.45, 2.75) is 76.0 Å². The number of hydrogen-bond donors (Lipinski definition) is 2. The van der Waals surface area contributed by atoms with E-state index < -0.39 is 70.4 Å². The molecular formula is C24H28F2O6. The third kappa shape index (κ3) is 2.27. The van der Waals surface area contributed by atoms with Gasteiger partial charge in [0.25, 0.3) is 0 Å². The first-order valence-electron chi connectivity index (χ1n) is 11.0. The van der Waals surface area contributed by atoms with E-state index in [1.165, 1.54) is 19.1 Å². The molecule has 0 spiro atoms. The fourth-order valence-electron chi connectivity index (χ4n) is 7.20. The van der Waals surface area contributed by atoms with Crippen molar-refractivity contribution >= 4 is 11.6 Å². The molecule has 5 rings (SSSR count). The number of halogens is 2. The molecule has 4 aliphatic carbocycles. The molecule has 1 heterocycles. The van der Waals surface area contributed by atoms with Crippen LogP contribution in [0.2, 0.25) is 0 Å². The molecule has 8 atom stereocenters. The van der Waals surface area contributed by atoms with Crippen molar-refractivity contribution in [3.05, 3.63) is 35.5 Å². The molecular weight excluding hydrogens is 422 g/mol. The summed E-state index contributed by atoms with van der Waals surface area (Å²) in [7, 11) is 0. The van der Waals surface area contributed by atoms with Crippen LogP contribution in [0.25, 0.3) is 0 Å². The topological polar surface area (TPSA) is 93.1 Å². The van der Waals surface area contributed by atoms with Gasteiger partial charge in [-0.25, -0.2) is 8.78 Å². The number of aliphatic hydroxyl groups is 2. The number of fused-ring (bicyclic) bond motifs is 7. The van der Waals surface area contributed by atoms with Gasteiger partial charge in [-0.05, 0) is 51.3 Å². The van der Waals surface area contributed by atoms with Crippen molar-refractivity contribution in [2.75, 3.05) is 6.61 Å². The van der Waals surface area contributed by atoms with Crippen LogP contribution in [0.15, 0.2) is 35.5 Å². The van der Waals surface area contributed by atoms with E-state index in [4.69, 9.17) is 9.47 Å². The molecule has 174 valence electrons. The molecule has 2 N–H and O–H groups in total. The van der Waals surface area contributed by atoms with Crippen LogP contribution in [-0.4, -0.2) is 63.8 Å².